The van der Waals surface area contributed by atoms with Crippen LogP contribution in [0, 0.1) is 0 Å². The average Bonchev–Trinajstić information content (AvgIpc) is 2.65. The van der Waals surface area contributed by atoms with Gasteiger partial charge in [0.2, 0.25) is 0 Å². The van der Waals surface area contributed by atoms with Crippen molar-refractivity contribution in [2.45, 2.75) is 6.42 Å². The second-order valence-corrected chi connectivity index (χ2v) is 5.15. The zero-order valence-corrected chi connectivity index (χ0v) is 16.0. The lowest BCUT2D eigenvalue weighted by molar-refractivity contribution is -0.138. The predicted molar refractivity (Wildman–Crippen MR) is 95.1 cm³/mol. The fraction of sp³-hybridized carbons (Fsp3) is 0.941. The Kier molecular flexibility index (Phi) is 22.5. The molecule has 0 aliphatic rings. The van der Waals surface area contributed by atoms with Crippen molar-refractivity contribution in [2.24, 2.45) is 0 Å². The molecule has 0 radical (unpaired) electrons. The lowest BCUT2D eigenvalue weighted by Crippen LogP contribution is -2.15. The zero-order valence-electron chi connectivity index (χ0n) is 16.0. The maximum absolute atomic E-state index is 10.2. The number of carboxylic acids is 1. The van der Waals surface area contributed by atoms with Gasteiger partial charge in [0.15, 0.2) is 0 Å². The Bertz CT molecular complexity index is 303. The van der Waals surface area contributed by atoms with Crippen molar-refractivity contribution in [3.8, 4) is 0 Å². The van der Waals surface area contributed by atoms with Gasteiger partial charge < -0.3 is 43.4 Å². The van der Waals surface area contributed by atoms with Crippen molar-refractivity contribution in [1.82, 2.24) is 0 Å². The molecule has 0 aliphatic heterocycles. The zero-order chi connectivity index (χ0) is 19.8. The van der Waals surface area contributed by atoms with Gasteiger partial charge in [-0.25, -0.2) is 0 Å². The standard InChI is InChI=1S/C17H34O10/c18-2-4-22-6-8-24-10-12-26-14-16-27-15-13-25-11-9-23-7-5-21-3-1-17(19)20/h18H,1-16H2,(H,19,20). The summed E-state index contributed by atoms with van der Waals surface area (Å²) in [5.74, 6) is -0.871. The molecule has 162 valence electrons. The van der Waals surface area contributed by atoms with Crippen LogP contribution in [-0.4, -0.2) is 115 Å². The highest BCUT2D eigenvalue weighted by Crippen LogP contribution is 1.86. The average molecular weight is 398 g/mol. The second-order valence-electron chi connectivity index (χ2n) is 5.15. The first kappa shape index (κ1) is 26.1. The van der Waals surface area contributed by atoms with E-state index in [1.807, 2.05) is 0 Å². The summed E-state index contributed by atoms with van der Waals surface area (Å²) in [6, 6.07) is 0. The van der Waals surface area contributed by atoms with Gasteiger partial charge >= 0.3 is 5.97 Å². The van der Waals surface area contributed by atoms with E-state index in [1.54, 1.807) is 0 Å². The number of ether oxygens (including phenoxy) is 7. The summed E-state index contributed by atoms with van der Waals surface area (Å²) in [5.41, 5.74) is 0. The van der Waals surface area contributed by atoms with Crippen molar-refractivity contribution in [1.29, 1.82) is 0 Å². The monoisotopic (exact) mass is 398 g/mol. The highest BCUT2D eigenvalue weighted by Gasteiger charge is 1.97. The Morgan fingerprint density at radius 3 is 1.00 bits per heavy atom. The summed E-state index contributed by atoms with van der Waals surface area (Å²) in [5, 5.41) is 16.9. The number of hydrogen-bond acceptors (Lipinski definition) is 9. The second kappa shape index (κ2) is 23.2. The molecule has 0 unspecified atom stereocenters. The van der Waals surface area contributed by atoms with Crippen LogP contribution in [0.15, 0.2) is 0 Å². The van der Waals surface area contributed by atoms with Crippen LogP contribution in [0.4, 0.5) is 0 Å². The van der Waals surface area contributed by atoms with Gasteiger partial charge in [-0.1, -0.05) is 0 Å². The first-order valence-corrected chi connectivity index (χ1v) is 9.14. The minimum Gasteiger partial charge on any atom is -0.481 e. The summed E-state index contributed by atoms with van der Waals surface area (Å²) in [4.78, 5) is 10.2. The van der Waals surface area contributed by atoms with E-state index in [2.05, 4.69) is 0 Å². The Hall–Kier alpha value is -0.850. The van der Waals surface area contributed by atoms with Gasteiger partial charge in [0.1, 0.15) is 0 Å². The molecule has 10 nitrogen and oxygen atoms in total. The Morgan fingerprint density at radius 2 is 0.741 bits per heavy atom. The van der Waals surface area contributed by atoms with Crippen LogP contribution in [0.2, 0.25) is 0 Å². The number of aliphatic hydroxyl groups is 1. The van der Waals surface area contributed by atoms with Gasteiger partial charge in [-0.3, -0.25) is 4.79 Å². The largest absolute Gasteiger partial charge is 0.481 e. The minimum absolute atomic E-state index is 0.00345. The van der Waals surface area contributed by atoms with Crippen molar-refractivity contribution in [3.63, 3.8) is 0 Å². The van der Waals surface area contributed by atoms with Crippen molar-refractivity contribution < 1.29 is 48.2 Å². The van der Waals surface area contributed by atoms with Gasteiger partial charge in [0.05, 0.1) is 106 Å². The molecular weight excluding hydrogens is 364 g/mol. The molecule has 0 aliphatic carbocycles. The Balaban J connectivity index is 2.98. The molecule has 0 heterocycles. The third kappa shape index (κ3) is 25.2. The Labute approximate surface area is 160 Å². The Morgan fingerprint density at radius 1 is 0.481 bits per heavy atom. The summed E-state index contributed by atoms with van der Waals surface area (Å²) in [6.07, 6.45) is 0.00345. The first-order valence-electron chi connectivity index (χ1n) is 9.14. The maximum Gasteiger partial charge on any atom is 0.305 e. The molecule has 0 fully saturated rings. The molecule has 0 saturated heterocycles. The SMILES string of the molecule is O=C(O)CCOCCOCCOCCOCCOCCOCCOCCO. The summed E-state index contributed by atoms with van der Waals surface area (Å²) in [6.45, 7) is 6.16. The van der Waals surface area contributed by atoms with Gasteiger partial charge in [0, 0.05) is 0 Å². The van der Waals surface area contributed by atoms with Crippen LogP contribution in [0.1, 0.15) is 6.42 Å². The summed E-state index contributed by atoms with van der Waals surface area (Å²) in [7, 11) is 0. The fourth-order valence-corrected chi connectivity index (χ4v) is 1.65. The van der Waals surface area contributed by atoms with Crippen LogP contribution in [0.25, 0.3) is 0 Å². The van der Waals surface area contributed by atoms with Crippen LogP contribution in [0.3, 0.4) is 0 Å². The normalized spacial score (nSPS) is 11.1. The topological polar surface area (TPSA) is 122 Å². The van der Waals surface area contributed by atoms with Gasteiger partial charge in [0.25, 0.3) is 0 Å². The molecular formula is C17H34O10. The highest BCUT2D eigenvalue weighted by molar-refractivity contribution is 5.66. The number of rotatable bonds is 23. The van der Waals surface area contributed by atoms with E-state index in [0.29, 0.717) is 85.9 Å². The molecule has 0 aromatic carbocycles. The molecule has 2 N–H and O–H groups in total. The molecule has 0 bridgehead atoms. The number of carboxylic acid groups (broad SMARTS) is 1. The van der Waals surface area contributed by atoms with E-state index in [9.17, 15) is 4.79 Å². The number of hydrogen-bond donors (Lipinski definition) is 2. The first-order chi connectivity index (χ1) is 13.3. The van der Waals surface area contributed by atoms with Crippen molar-refractivity contribution in [3.05, 3.63) is 0 Å². The van der Waals surface area contributed by atoms with Crippen LogP contribution in [-0.2, 0) is 38.0 Å². The van der Waals surface area contributed by atoms with Gasteiger partial charge in [-0.05, 0) is 0 Å². The lowest BCUT2D eigenvalue weighted by atomic mass is 10.5. The molecule has 0 atom stereocenters. The summed E-state index contributed by atoms with van der Waals surface area (Å²) >= 11 is 0. The molecule has 0 amide bonds. The van der Waals surface area contributed by atoms with Crippen LogP contribution >= 0.6 is 0 Å². The predicted octanol–water partition coefficient (Wildman–Crippen LogP) is -0.430. The number of aliphatic hydroxyl groups excluding tert-OH is 1. The number of carbonyl (C=O) groups is 1. The molecule has 10 heteroatoms. The van der Waals surface area contributed by atoms with E-state index in [1.165, 1.54) is 0 Å². The van der Waals surface area contributed by atoms with Crippen LogP contribution < -0.4 is 0 Å². The third-order valence-corrected chi connectivity index (χ3v) is 2.93. The van der Waals surface area contributed by atoms with E-state index < -0.39 is 5.97 Å². The van der Waals surface area contributed by atoms with E-state index in [0.717, 1.165) is 0 Å². The van der Waals surface area contributed by atoms with E-state index in [-0.39, 0.29) is 19.6 Å². The third-order valence-electron chi connectivity index (χ3n) is 2.93. The molecule has 0 aromatic rings. The summed E-state index contributed by atoms with van der Waals surface area (Å²) < 4.78 is 36.7. The van der Waals surface area contributed by atoms with Crippen LogP contribution in [0.5, 0.6) is 0 Å². The van der Waals surface area contributed by atoms with Gasteiger partial charge in [-0.15, -0.1) is 0 Å². The van der Waals surface area contributed by atoms with E-state index in [4.69, 9.17) is 43.4 Å². The molecule has 0 aromatic heterocycles. The van der Waals surface area contributed by atoms with Crippen molar-refractivity contribution >= 4 is 5.97 Å². The smallest absolute Gasteiger partial charge is 0.305 e. The molecule has 0 spiro atoms. The fourth-order valence-electron chi connectivity index (χ4n) is 1.65. The molecule has 27 heavy (non-hydrogen) atoms. The maximum atomic E-state index is 10.2. The number of aliphatic carboxylic acids is 1. The van der Waals surface area contributed by atoms with Gasteiger partial charge in [-0.2, -0.15) is 0 Å². The lowest BCUT2D eigenvalue weighted by Gasteiger charge is -2.08. The molecule has 0 rings (SSSR count). The van der Waals surface area contributed by atoms with E-state index >= 15 is 0 Å². The molecule has 0 saturated carbocycles. The highest BCUT2D eigenvalue weighted by atomic mass is 16.6. The minimum atomic E-state index is -0.871. The van der Waals surface area contributed by atoms with Crippen molar-refractivity contribution in [2.75, 3.05) is 99.1 Å². The quantitative estimate of drug-likeness (QED) is 0.219.